The number of ether oxygens (including phenoxy) is 2. The van der Waals surface area contributed by atoms with E-state index in [0.717, 1.165) is 0 Å². The molecule has 0 aliphatic heterocycles. The number of aromatic hydroxyl groups is 2. The molecule has 0 amide bonds. The monoisotopic (exact) mass is 322 g/mol. The van der Waals surface area contributed by atoms with Crippen LogP contribution in [0.1, 0.15) is 0 Å². The van der Waals surface area contributed by atoms with Gasteiger partial charge in [-0.25, -0.2) is 9.78 Å². The minimum absolute atomic E-state index is 0.0611. The van der Waals surface area contributed by atoms with Crippen molar-refractivity contribution < 1.29 is 34.5 Å². The van der Waals surface area contributed by atoms with E-state index >= 15 is 0 Å². The van der Waals surface area contributed by atoms with Crippen molar-refractivity contribution in [3.05, 3.63) is 48.5 Å². The summed E-state index contributed by atoms with van der Waals surface area (Å²) in [6.45, 7) is 0.619. The van der Waals surface area contributed by atoms with E-state index in [1.165, 1.54) is 12.1 Å². The van der Waals surface area contributed by atoms with Gasteiger partial charge >= 0.3 is 0 Å². The minimum atomic E-state index is 0.0611. The maximum Gasteiger partial charge on any atom is 0.161 e. The van der Waals surface area contributed by atoms with Crippen LogP contribution in [0.25, 0.3) is 0 Å². The van der Waals surface area contributed by atoms with E-state index in [1.807, 2.05) is 0 Å². The zero-order chi connectivity index (χ0) is 16.3. The van der Waals surface area contributed by atoms with E-state index in [-0.39, 0.29) is 37.9 Å². The smallest absolute Gasteiger partial charge is 0.161 e. The lowest BCUT2D eigenvalue weighted by molar-refractivity contribution is -0.513. The van der Waals surface area contributed by atoms with Gasteiger partial charge in [-0.2, -0.15) is 0 Å². The molecule has 0 unspecified atom stereocenters. The van der Waals surface area contributed by atoms with Crippen LogP contribution in [0.3, 0.4) is 0 Å². The SMILES string of the molecule is Oc1ccccc1OCCOOOCCOc1ccccc1O. The number of benzene rings is 2. The molecule has 0 aliphatic carbocycles. The zero-order valence-corrected chi connectivity index (χ0v) is 12.4. The van der Waals surface area contributed by atoms with Gasteiger partial charge in [0.15, 0.2) is 23.0 Å². The van der Waals surface area contributed by atoms with Gasteiger partial charge in [0.05, 0.1) is 0 Å². The van der Waals surface area contributed by atoms with Crippen molar-refractivity contribution in [2.75, 3.05) is 26.4 Å². The molecule has 0 radical (unpaired) electrons. The number of phenols is 2. The first-order valence-electron chi connectivity index (χ1n) is 7.00. The van der Waals surface area contributed by atoms with E-state index in [9.17, 15) is 10.2 Å². The molecule has 2 N–H and O–H groups in total. The summed E-state index contributed by atoms with van der Waals surface area (Å²) in [6.07, 6.45) is 0. The molecule has 0 bridgehead atoms. The summed E-state index contributed by atoms with van der Waals surface area (Å²) in [4.78, 5) is 9.47. The number of hydrogen-bond donors (Lipinski definition) is 2. The molecule has 0 saturated carbocycles. The lowest BCUT2D eigenvalue weighted by atomic mass is 10.3. The third-order valence-electron chi connectivity index (χ3n) is 2.68. The summed E-state index contributed by atoms with van der Waals surface area (Å²) >= 11 is 0. The van der Waals surface area contributed by atoms with Crippen LogP contribution in [-0.2, 0) is 14.8 Å². The fourth-order valence-electron chi connectivity index (χ4n) is 1.63. The van der Waals surface area contributed by atoms with Crippen LogP contribution in [-0.4, -0.2) is 36.6 Å². The molecule has 0 spiro atoms. The fourth-order valence-corrected chi connectivity index (χ4v) is 1.63. The summed E-state index contributed by atoms with van der Waals surface area (Å²) in [5.74, 6) is 0.859. The van der Waals surface area contributed by atoms with Crippen molar-refractivity contribution in [2.24, 2.45) is 0 Å². The lowest BCUT2D eigenvalue weighted by Crippen LogP contribution is -2.11. The Balaban J connectivity index is 1.47. The second kappa shape index (κ2) is 9.52. The van der Waals surface area contributed by atoms with Crippen LogP contribution in [0, 0.1) is 0 Å². The maximum atomic E-state index is 9.47. The second-order valence-corrected chi connectivity index (χ2v) is 4.34. The third-order valence-corrected chi connectivity index (χ3v) is 2.68. The summed E-state index contributed by atoms with van der Waals surface area (Å²) in [7, 11) is 0. The van der Waals surface area contributed by atoms with E-state index < -0.39 is 0 Å². The Hall–Kier alpha value is -2.48. The Kier molecular flexibility index (Phi) is 6.99. The Morgan fingerprint density at radius 1 is 0.609 bits per heavy atom. The fraction of sp³-hybridized carbons (Fsp3) is 0.250. The van der Waals surface area contributed by atoms with Gasteiger partial charge in [-0.05, 0) is 24.3 Å². The predicted octanol–water partition coefficient (Wildman–Crippen LogP) is 2.44. The van der Waals surface area contributed by atoms with Gasteiger partial charge in [0.2, 0.25) is 0 Å². The number of phenolic OH excluding ortho intramolecular Hbond substituents is 2. The van der Waals surface area contributed by atoms with Crippen molar-refractivity contribution in [1.29, 1.82) is 0 Å². The standard InChI is InChI=1S/C16H18O7/c17-13-5-1-3-7-15(13)19-9-11-21-23-22-12-10-20-16-8-4-2-6-14(16)18/h1-8,17-18H,9-12H2. The van der Waals surface area contributed by atoms with E-state index in [1.54, 1.807) is 36.4 Å². The van der Waals surface area contributed by atoms with Gasteiger partial charge in [0, 0.05) is 0 Å². The molecular weight excluding hydrogens is 304 g/mol. The van der Waals surface area contributed by atoms with Gasteiger partial charge in [-0.15, -0.1) is 0 Å². The highest BCUT2D eigenvalue weighted by Gasteiger charge is 2.01. The van der Waals surface area contributed by atoms with Crippen LogP contribution in [0.2, 0.25) is 0 Å². The van der Waals surface area contributed by atoms with Crippen LogP contribution in [0.15, 0.2) is 48.5 Å². The summed E-state index contributed by atoms with van der Waals surface area (Å²) in [5, 5.41) is 23.4. The van der Waals surface area contributed by atoms with Crippen molar-refractivity contribution >= 4 is 0 Å². The molecule has 0 atom stereocenters. The van der Waals surface area contributed by atoms with Crippen molar-refractivity contribution in [3.8, 4) is 23.0 Å². The molecule has 0 heterocycles. The molecule has 2 rings (SSSR count). The molecular formula is C16H18O7. The molecule has 0 saturated heterocycles. The van der Waals surface area contributed by atoms with Gasteiger partial charge in [0.1, 0.15) is 26.4 Å². The van der Waals surface area contributed by atoms with Gasteiger partial charge in [-0.1, -0.05) is 29.3 Å². The zero-order valence-electron chi connectivity index (χ0n) is 12.4. The highest BCUT2D eigenvalue weighted by Crippen LogP contribution is 2.24. The topological polar surface area (TPSA) is 86.6 Å². The first kappa shape index (κ1) is 16.9. The predicted molar refractivity (Wildman–Crippen MR) is 80.2 cm³/mol. The first-order valence-corrected chi connectivity index (χ1v) is 7.00. The molecule has 124 valence electrons. The Bertz CT molecular complexity index is 537. The van der Waals surface area contributed by atoms with E-state index in [0.29, 0.717) is 11.5 Å². The minimum Gasteiger partial charge on any atom is -0.504 e. The molecule has 0 aromatic heterocycles. The van der Waals surface area contributed by atoms with E-state index in [2.05, 4.69) is 5.04 Å². The van der Waals surface area contributed by atoms with Crippen LogP contribution < -0.4 is 9.47 Å². The van der Waals surface area contributed by atoms with Crippen molar-refractivity contribution in [1.82, 2.24) is 0 Å². The van der Waals surface area contributed by atoms with Crippen LogP contribution in [0.5, 0.6) is 23.0 Å². The van der Waals surface area contributed by atoms with Gasteiger partial charge in [0.25, 0.3) is 0 Å². The molecule has 0 fully saturated rings. The molecule has 23 heavy (non-hydrogen) atoms. The third kappa shape index (κ3) is 6.03. The number of hydrogen-bond acceptors (Lipinski definition) is 7. The average Bonchev–Trinajstić information content (AvgIpc) is 2.56. The maximum absolute atomic E-state index is 9.47. The summed E-state index contributed by atoms with van der Waals surface area (Å²) < 4.78 is 10.5. The number of para-hydroxylation sites is 4. The van der Waals surface area contributed by atoms with Crippen molar-refractivity contribution in [2.45, 2.75) is 0 Å². The molecule has 7 heteroatoms. The van der Waals surface area contributed by atoms with Crippen LogP contribution in [0.4, 0.5) is 0 Å². The Morgan fingerprint density at radius 3 is 1.48 bits per heavy atom. The highest BCUT2D eigenvalue weighted by atomic mass is 17.5. The van der Waals surface area contributed by atoms with Gasteiger partial charge < -0.3 is 19.7 Å². The van der Waals surface area contributed by atoms with Crippen LogP contribution >= 0.6 is 0 Å². The summed E-state index contributed by atoms with van der Waals surface area (Å²) in [6, 6.07) is 13.2. The molecule has 2 aromatic rings. The molecule has 7 nitrogen and oxygen atoms in total. The second-order valence-electron chi connectivity index (χ2n) is 4.34. The molecule has 2 aromatic carbocycles. The highest BCUT2D eigenvalue weighted by molar-refractivity contribution is 5.38. The number of rotatable bonds is 10. The average molecular weight is 322 g/mol. The first-order chi connectivity index (χ1) is 11.3. The normalized spacial score (nSPS) is 10.4. The van der Waals surface area contributed by atoms with E-state index in [4.69, 9.17) is 19.2 Å². The Morgan fingerprint density at radius 2 is 1.04 bits per heavy atom. The Labute approximate surface area is 133 Å². The summed E-state index contributed by atoms with van der Waals surface area (Å²) in [5.41, 5.74) is 0. The lowest BCUT2D eigenvalue weighted by Gasteiger charge is -2.08. The largest absolute Gasteiger partial charge is 0.504 e. The quantitative estimate of drug-likeness (QED) is 0.395. The molecule has 0 aliphatic rings. The van der Waals surface area contributed by atoms with Gasteiger partial charge in [-0.3, -0.25) is 0 Å². The van der Waals surface area contributed by atoms with Crippen molar-refractivity contribution in [3.63, 3.8) is 0 Å².